The Labute approximate surface area is 151 Å². The van der Waals surface area contributed by atoms with Gasteiger partial charge in [0, 0.05) is 38.8 Å². The number of hydrogen-bond donors (Lipinski definition) is 0. The number of piperidine rings is 1. The van der Waals surface area contributed by atoms with E-state index in [9.17, 15) is 9.59 Å². The lowest BCUT2D eigenvalue weighted by Crippen LogP contribution is -2.40. The Morgan fingerprint density at radius 2 is 2.04 bits per heavy atom. The number of carbonyl (C=O) groups excluding carboxylic acids is 1. The first-order valence-corrected chi connectivity index (χ1v) is 9.78. The molecule has 6 heteroatoms. The minimum absolute atomic E-state index is 0.0999. The number of nitrogens with zero attached hydrogens (tertiary/aromatic N) is 3. The van der Waals surface area contributed by atoms with Gasteiger partial charge in [-0.15, -0.1) is 0 Å². The Balaban J connectivity index is 1.45. The molecule has 1 saturated heterocycles. The zero-order valence-electron chi connectivity index (χ0n) is 14.5. The van der Waals surface area contributed by atoms with E-state index in [1.54, 1.807) is 24.8 Å². The van der Waals surface area contributed by atoms with E-state index in [1.165, 1.54) is 0 Å². The van der Waals surface area contributed by atoms with Crippen molar-refractivity contribution in [3.8, 4) is 0 Å². The van der Waals surface area contributed by atoms with E-state index < -0.39 is 0 Å². The normalized spacial score (nSPS) is 19.2. The summed E-state index contributed by atoms with van der Waals surface area (Å²) in [6.07, 6.45) is 5.90. The molecule has 1 aliphatic heterocycles. The number of amides is 1. The van der Waals surface area contributed by atoms with Gasteiger partial charge in [-0.05, 0) is 49.3 Å². The lowest BCUT2D eigenvalue weighted by molar-refractivity contribution is -0.134. The van der Waals surface area contributed by atoms with E-state index in [0.717, 1.165) is 61.0 Å². The second kappa shape index (κ2) is 6.75. The van der Waals surface area contributed by atoms with Gasteiger partial charge in [0.2, 0.25) is 5.91 Å². The van der Waals surface area contributed by atoms with Crippen molar-refractivity contribution in [1.29, 1.82) is 0 Å². The predicted octanol–water partition coefficient (Wildman–Crippen LogP) is 2.76. The summed E-state index contributed by atoms with van der Waals surface area (Å²) in [6, 6.07) is 5.93. The number of benzene rings is 1. The standard InChI is InChI=1S/C19H23N3O2S/c1-20-11-14-2-5-17-16(10-14)19(24)22(25-17)12-13-6-8-21(9-7-13)18(23)15-3-4-15/h2,5,10-11,13,15H,3-4,6-9,12H2,1H3. The fourth-order valence-corrected chi connectivity index (χ4v) is 4.67. The van der Waals surface area contributed by atoms with Gasteiger partial charge in [-0.1, -0.05) is 17.6 Å². The van der Waals surface area contributed by atoms with E-state index in [-0.39, 0.29) is 5.56 Å². The Hall–Kier alpha value is -1.95. The van der Waals surface area contributed by atoms with Crippen LogP contribution in [0.3, 0.4) is 0 Å². The van der Waals surface area contributed by atoms with E-state index in [4.69, 9.17) is 0 Å². The molecule has 1 aromatic heterocycles. The van der Waals surface area contributed by atoms with Gasteiger partial charge in [-0.2, -0.15) is 0 Å². The summed E-state index contributed by atoms with van der Waals surface area (Å²) in [5, 5.41) is 0.781. The van der Waals surface area contributed by atoms with Gasteiger partial charge < -0.3 is 4.90 Å². The lowest BCUT2D eigenvalue weighted by atomic mass is 9.96. The molecule has 2 heterocycles. The maximum Gasteiger partial charge on any atom is 0.268 e. The maximum atomic E-state index is 12.7. The van der Waals surface area contributed by atoms with E-state index >= 15 is 0 Å². The van der Waals surface area contributed by atoms with Crippen LogP contribution in [0.25, 0.3) is 10.1 Å². The van der Waals surface area contributed by atoms with Crippen molar-refractivity contribution in [2.45, 2.75) is 32.2 Å². The van der Waals surface area contributed by atoms with Gasteiger partial charge in [0.25, 0.3) is 5.56 Å². The molecule has 132 valence electrons. The molecule has 0 radical (unpaired) electrons. The van der Waals surface area contributed by atoms with Gasteiger partial charge in [0.1, 0.15) is 0 Å². The van der Waals surface area contributed by atoms with Crippen molar-refractivity contribution in [2.75, 3.05) is 20.1 Å². The number of hydrogen-bond acceptors (Lipinski definition) is 4. The van der Waals surface area contributed by atoms with Crippen molar-refractivity contribution >= 4 is 33.7 Å². The molecule has 25 heavy (non-hydrogen) atoms. The average Bonchev–Trinajstić information content (AvgIpc) is 3.43. The molecule has 2 aliphatic rings. The highest BCUT2D eigenvalue weighted by molar-refractivity contribution is 7.13. The molecule has 0 atom stereocenters. The van der Waals surface area contributed by atoms with Gasteiger partial charge in [0.15, 0.2) is 0 Å². The molecule has 0 bridgehead atoms. The van der Waals surface area contributed by atoms with Crippen LogP contribution >= 0.6 is 11.5 Å². The number of aliphatic imine (C=N–C) groups is 1. The first-order valence-electron chi connectivity index (χ1n) is 9.00. The van der Waals surface area contributed by atoms with Gasteiger partial charge in [-0.3, -0.25) is 18.5 Å². The summed E-state index contributed by atoms with van der Waals surface area (Å²) < 4.78 is 2.92. The van der Waals surface area contributed by atoms with Gasteiger partial charge in [0.05, 0.1) is 10.1 Å². The SMILES string of the molecule is CN=Cc1ccc2sn(CC3CCN(C(=O)C4CC4)CC3)c(=O)c2c1. The number of carbonyl (C=O) groups is 1. The Morgan fingerprint density at radius 1 is 1.28 bits per heavy atom. The topological polar surface area (TPSA) is 54.7 Å². The third-order valence-corrected chi connectivity index (χ3v) is 6.31. The van der Waals surface area contributed by atoms with Crippen LogP contribution in [0.5, 0.6) is 0 Å². The summed E-state index contributed by atoms with van der Waals surface area (Å²) in [5.41, 5.74) is 1.06. The molecule has 0 N–H and O–H groups in total. The molecule has 5 nitrogen and oxygen atoms in total. The van der Waals surface area contributed by atoms with Crippen LogP contribution in [0.15, 0.2) is 28.0 Å². The van der Waals surface area contributed by atoms with Crippen LogP contribution in [0, 0.1) is 11.8 Å². The van der Waals surface area contributed by atoms with Crippen LogP contribution in [0.2, 0.25) is 0 Å². The maximum absolute atomic E-state index is 12.7. The van der Waals surface area contributed by atoms with Crippen LogP contribution in [-0.4, -0.2) is 41.1 Å². The summed E-state index contributed by atoms with van der Waals surface area (Å²) in [6.45, 7) is 2.45. The summed E-state index contributed by atoms with van der Waals surface area (Å²) >= 11 is 1.55. The summed E-state index contributed by atoms with van der Waals surface area (Å²) in [4.78, 5) is 30.9. The monoisotopic (exact) mass is 357 g/mol. The molecule has 1 aliphatic carbocycles. The smallest absolute Gasteiger partial charge is 0.268 e. The minimum atomic E-state index is 0.0999. The van der Waals surface area contributed by atoms with Crippen molar-refractivity contribution in [3.05, 3.63) is 34.1 Å². The molecule has 0 spiro atoms. The number of fused-ring (bicyclic) bond motifs is 1. The number of rotatable bonds is 4. The summed E-state index contributed by atoms with van der Waals surface area (Å²) in [7, 11) is 1.73. The van der Waals surface area contributed by atoms with Crippen molar-refractivity contribution in [2.24, 2.45) is 16.8 Å². The van der Waals surface area contributed by atoms with E-state index in [1.807, 2.05) is 27.1 Å². The lowest BCUT2D eigenvalue weighted by Gasteiger charge is -2.32. The van der Waals surface area contributed by atoms with Crippen molar-refractivity contribution in [1.82, 2.24) is 8.86 Å². The highest BCUT2D eigenvalue weighted by Crippen LogP contribution is 2.32. The zero-order valence-corrected chi connectivity index (χ0v) is 15.3. The minimum Gasteiger partial charge on any atom is -0.342 e. The van der Waals surface area contributed by atoms with Crippen LogP contribution in [0.1, 0.15) is 31.2 Å². The molecule has 4 rings (SSSR count). The average molecular weight is 357 g/mol. The molecular formula is C19H23N3O2S. The quantitative estimate of drug-likeness (QED) is 0.790. The summed E-state index contributed by atoms with van der Waals surface area (Å²) in [5.74, 6) is 1.14. The molecule has 1 aromatic carbocycles. The number of aromatic nitrogens is 1. The molecule has 2 fully saturated rings. The second-order valence-electron chi connectivity index (χ2n) is 7.14. The fraction of sp³-hybridized carbons (Fsp3) is 0.526. The third-order valence-electron chi connectivity index (χ3n) is 5.22. The molecule has 1 saturated carbocycles. The van der Waals surface area contributed by atoms with E-state index in [2.05, 4.69) is 4.99 Å². The van der Waals surface area contributed by atoms with Gasteiger partial charge in [-0.25, -0.2) is 0 Å². The van der Waals surface area contributed by atoms with Crippen LogP contribution in [0.4, 0.5) is 0 Å². The second-order valence-corrected chi connectivity index (χ2v) is 8.21. The van der Waals surface area contributed by atoms with Crippen LogP contribution in [-0.2, 0) is 11.3 Å². The molecule has 1 amide bonds. The first kappa shape index (κ1) is 16.5. The zero-order chi connectivity index (χ0) is 17.4. The fourth-order valence-electron chi connectivity index (χ4n) is 3.60. The van der Waals surface area contributed by atoms with Crippen molar-refractivity contribution in [3.63, 3.8) is 0 Å². The Morgan fingerprint density at radius 3 is 2.72 bits per heavy atom. The largest absolute Gasteiger partial charge is 0.342 e. The predicted molar refractivity (Wildman–Crippen MR) is 102 cm³/mol. The first-order chi connectivity index (χ1) is 12.2. The number of likely N-dealkylation sites (tertiary alicyclic amines) is 1. The molecular weight excluding hydrogens is 334 g/mol. The Bertz CT molecular complexity index is 870. The molecule has 0 unspecified atom stereocenters. The Kier molecular flexibility index (Phi) is 4.46. The highest BCUT2D eigenvalue weighted by Gasteiger charge is 2.35. The third kappa shape index (κ3) is 3.40. The van der Waals surface area contributed by atoms with Crippen molar-refractivity contribution < 1.29 is 4.79 Å². The molecule has 2 aromatic rings. The van der Waals surface area contributed by atoms with E-state index in [0.29, 0.717) is 17.7 Å². The highest BCUT2D eigenvalue weighted by atomic mass is 32.1. The van der Waals surface area contributed by atoms with Gasteiger partial charge >= 0.3 is 0 Å². The van der Waals surface area contributed by atoms with Crippen LogP contribution < -0.4 is 5.56 Å².